The van der Waals surface area contributed by atoms with Gasteiger partial charge in [-0.25, -0.2) is 4.98 Å². The Hall–Kier alpha value is -2.03. The average molecular weight is 253 g/mol. The Kier molecular flexibility index (Phi) is 3.63. The molecule has 0 radical (unpaired) electrons. The van der Waals surface area contributed by atoms with Gasteiger partial charge in [0.25, 0.3) is 0 Å². The van der Waals surface area contributed by atoms with Crippen LogP contribution in [0.1, 0.15) is 18.4 Å². The van der Waals surface area contributed by atoms with Crippen molar-refractivity contribution in [1.29, 1.82) is 0 Å². The van der Waals surface area contributed by atoms with Crippen LogP contribution >= 0.6 is 0 Å². The smallest absolute Gasteiger partial charge is 0.128 e. The average Bonchev–Trinajstić information content (AvgIpc) is 3.01. The zero-order valence-electron chi connectivity index (χ0n) is 11.0. The molecule has 1 aliphatic heterocycles. The second-order valence-corrected chi connectivity index (χ2v) is 4.94. The third-order valence-electron chi connectivity index (χ3n) is 3.52. The molecule has 0 saturated carbocycles. The van der Waals surface area contributed by atoms with E-state index in [1.165, 1.54) is 18.4 Å². The summed E-state index contributed by atoms with van der Waals surface area (Å²) in [5, 5.41) is 3.40. The third kappa shape index (κ3) is 3.05. The topological polar surface area (TPSA) is 28.2 Å². The van der Waals surface area contributed by atoms with Gasteiger partial charge >= 0.3 is 0 Å². The van der Waals surface area contributed by atoms with Gasteiger partial charge in [0.1, 0.15) is 5.82 Å². The standard InChI is InChI=1S/C16H19N3/c1-2-6-14(7-3-1)12-17-15-8-9-16(18-13-15)19-10-4-5-11-19/h1-3,6-9,13,17H,4-5,10-12H2. The quantitative estimate of drug-likeness (QED) is 0.906. The van der Waals surface area contributed by atoms with Crippen molar-refractivity contribution in [2.24, 2.45) is 0 Å². The van der Waals surface area contributed by atoms with Crippen molar-refractivity contribution in [1.82, 2.24) is 4.98 Å². The van der Waals surface area contributed by atoms with Crippen molar-refractivity contribution in [2.45, 2.75) is 19.4 Å². The first-order valence-electron chi connectivity index (χ1n) is 6.91. The van der Waals surface area contributed by atoms with Gasteiger partial charge in [-0.15, -0.1) is 0 Å². The van der Waals surface area contributed by atoms with E-state index in [9.17, 15) is 0 Å². The van der Waals surface area contributed by atoms with Gasteiger partial charge in [0.2, 0.25) is 0 Å². The number of hydrogen-bond donors (Lipinski definition) is 1. The molecule has 1 saturated heterocycles. The molecular formula is C16H19N3. The first-order valence-corrected chi connectivity index (χ1v) is 6.91. The Morgan fingerprint density at radius 1 is 1.00 bits per heavy atom. The summed E-state index contributed by atoms with van der Waals surface area (Å²) in [6, 6.07) is 14.6. The van der Waals surface area contributed by atoms with Crippen molar-refractivity contribution in [3.05, 3.63) is 54.2 Å². The molecule has 0 aliphatic carbocycles. The van der Waals surface area contributed by atoms with Crippen LogP contribution in [-0.4, -0.2) is 18.1 Å². The molecule has 1 fully saturated rings. The fourth-order valence-corrected chi connectivity index (χ4v) is 2.42. The first-order chi connectivity index (χ1) is 9.42. The van der Waals surface area contributed by atoms with Crippen LogP contribution in [0, 0.1) is 0 Å². The van der Waals surface area contributed by atoms with Gasteiger partial charge in [0, 0.05) is 19.6 Å². The lowest BCUT2D eigenvalue weighted by molar-refractivity contribution is 0.937. The lowest BCUT2D eigenvalue weighted by atomic mass is 10.2. The molecule has 0 atom stereocenters. The van der Waals surface area contributed by atoms with Crippen LogP contribution in [0.4, 0.5) is 11.5 Å². The Morgan fingerprint density at radius 3 is 2.47 bits per heavy atom. The zero-order chi connectivity index (χ0) is 12.9. The van der Waals surface area contributed by atoms with E-state index in [0.29, 0.717) is 0 Å². The van der Waals surface area contributed by atoms with E-state index in [0.717, 1.165) is 31.1 Å². The predicted molar refractivity (Wildman–Crippen MR) is 79.5 cm³/mol. The van der Waals surface area contributed by atoms with Gasteiger partial charge in [0.15, 0.2) is 0 Å². The molecule has 3 heteroatoms. The Bertz CT molecular complexity index is 501. The monoisotopic (exact) mass is 253 g/mol. The minimum absolute atomic E-state index is 0.839. The van der Waals surface area contributed by atoms with Crippen LogP contribution < -0.4 is 10.2 Å². The Labute approximate surface area is 114 Å². The molecule has 3 rings (SSSR count). The summed E-state index contributed by atoms with van der Waals surface area (Å²) in [6.07, 6.45) is 4.50. The second kappa shape index (κ2) is 5.74. The van der Waals surface area contributed by atoms with Gasteiger partial charge < -0.3 is 10.2 Å². The highest BCUT2D eigenvalue weighted by Crippen LogP contribution is 2.19. The molecule has 19 heavy (non-hydrogen) atoms. The Morgan fingerprint density at radius 2 is 1.79 bits per heavy atom. The molecule has 1 aromatic heterocycles. The highest BCUT2D eigenvalue weighted by molar-refractivity contribution is 5.49. The van der Waals surface area contributed by atoms with Gasteiger partial charge in [-0.3, -0.25) is 0 Å². The molecule has 2 aromatic rings. The van der Waals surface area contributed by atoms with Crippen LogP contribution in [0.5, 0.6) is 0 Å². The van der Waals surface area contributed by atoms with Crippen LogP contribution in [0.15, 0.2) is 48.7 Å². The molecule has 0 spiro atoms. The number of benzene rings is 1. The van der Waals surface area contributed by atoms with E-state index in [1.807, 2.05) is 12.3 Å². The fraction of sp³-hybridized carbons (Fsp3) is 0.312. The highest BCUT2D eigenvalue weighted by atomic mass is 15.2. The van der Waals surface area contributed by atoms with E-state index < -0.39 is 0 Å². The van der Waals surface area contributed by atoms with E-state index in [-0.39, 0.29) is 0 Å². The molecule has 1 aromatic carbocycles. The van der Waals surface area contributed by atoms with Gasteiger partial charge in [-0.2, -0.15) is 0 Å². The highest BCUT2D eigenvalue weighted by Gasteiger charge is 2.12. The largest absolute Gasteiger partial charge is 0.380 e. The summed E-state index contributed by atoms with van der Waals surface area (Å²) < 4.78 is 0. The zero-order valence-corrected chi connectivity index (χ0v) is 11.0. The molecule has 2 heterocycles. The maximum absolute atomic E-state index is 4.54. The number of pyridine rings is 1. The lowest BCUT2D eigenvalue weighted by Gasteiger charge is -2.16. The molecule has 1 N–H and O–H groups in total. The maximum atomic E-state index is 4.54. The predicted octanol–water partition coefficient (Wildman–Crippen LogP) is 3.29. The van der Waals surface area contributed by atoms with Crippen LogP contribution in [0.25, 0.3) is 0 Å². The van der Waals surface area contributed by atoms with Crippen LogP contribution in [0.3, 0.4) is 0 Å². The van der Waals surface area contributed by atoms with Crippen molar-refractivity contribution < 1.29 is 0 Å². The van der Waals surface area contributed by atoms with E-state index in [1.54, 1.807) is 0 Å². The minimum Gasteiger partial charge on any atom is -0.380 e. The van der Waals surface area contributed by atoms with E-state index in [4.69, 9.17) is 0 Å². The molecular weight excluding hydrogens is 234 g/mol. The summed E-state index contributed by atoms with van der Waals surface area (Å²) in [4.78, 5) is 6.88. The molecule has 0 amide bonds. The fourth-order valence-electron chi connectivity index (χ4n) is 2.42. The van der Waals surface area contributed by atoms with Gasteiger partial charge in [-0.1, -0.05) is 30.3 Å². The van der Waals surface area contributed by atoms with E-state index >= 15 is 0 Å². The van der Waals surface area contributed by atoms with Crippen molar-refractivity contribution in [3.8, 4) is 0 Å². The SMILES string of the molecule is c1ccc(CNc2ccc(N3CCCC3)nc2)cc1. The number of anilines is 2. The van der Waals surface area contributed by atoms with Crippen molar-refractivity contribution in [2.75, 3.05) is 23.3 Å². The summed E-state index contributed by atoms with van der Waals surface area (Å²) in [7, 11) is 0. The van der Waals surface area contributed by atoms with E-state index in [2.05, 4.69) is 51.6 Å². The van der Waals surface area contributed by atoms with Crippen LogP contribution in [-0.2, 0) is 6.54 Å². The molecule has 1 aliphatic rings. The minimum atomic E-state index is 0.839. The Balaban J connectivity index is 1.60. The number of nitrogens with one attached hydrogen (secondary N) is 1. The molecule has 0 unspecified atom stereocenters. The normalized spacial score (nSPS) is 14.6. The number of nitrogens with zero attached hydrogens (tertiary/aromatic N) is 2. The summed E-state index contributed by atoms with van der Waals surface area (Å²) in [5.74, 6) is 1.10. The van der Waals surface area contributed by atoms with Crippen molar-refractivity contribution >= 4 is 11.5 Å². The summed E-state index contributed by atoms with van der Waals surface area (Å²) >= 11 is 0. The van der Waals surface area contributed by atoms with Crippen LogP contribution in [0.2, 0.25) is 0 Å². The first kappa shape index (κ1) is 12.0. The van der Waals surface area contributed by atoms with Crippen molar-refractivity contribution in [3.63, 3.8) is 0 Å². The number of rotatable bonds is 4. The third-order valence-corrected chi connectivity index (χ3v) is 3.52. The number of aromatic nitrogens is 1. The second-order valence-electron chi connectivity index (χ2n) is 4.94. The summed E-state index contributed by atoms with van der Waals surface area (Å²) in [6.45, 7) is 3.12. The van der Waals surface area contributed by atoms with Gasteiger partial charge in [0.05, 0.1) is 11.9 Å². The molecule has 3 nitrogen and oxygen atoms in total. The van der Waals surface area contributed by atoms with Gasteiger partial charge in [-0.05, 0) is 30.5 Å². The lowest BCUT2D eigenvalue weighted by Crippen LogP contribution is -2.18. The maximum Gasteiger partial charge on any atom is 0.128 e. The summed E-state index contributed by atoms with van der Waals surface area (Å²) in [5.41, 5.74) is 2.36. The molecule has 98 valence electrons. The molecule has 0 bridgehead atoms. The number of hydrogen-bond acceptors (Lipinski definition) is 3.